The third-order valence-electron chi connectivity index (χ3n) is 2.39. The van der Waals surface area contributed by atoms with Crippen LogP contribution < -0.4 is 10.6 Å². The summed E-state index contributed by atoms with van der Waals surface area (Å²) in [5.41, 5.74) is 1.86. The monoisotopic (exact) mass is 297 g/mol. The zero-order valence-electron chi connectivity index (χ0n) is 10.5. The van der Waals surface area contributed by atoms with Crippen molar-refractivity contribution >= 4 is 40.8 Å². The number of hydrogen-bond donors (Lipinski definition) is 2. The van der Waals surface area contributed by atoms with E-state index in [9.17, 15) is 0 Å². The van der Waals surface area contributed by atoms with E-state index >= 15 is 0 Å². The summed E-state index contributed by atoms with van der Waals surface area (Å²) in [6.45, 7) is 4.62. The van der Waals surface area contributed by atoms with Gasteiger partial charge < -0.3 is 10.6 Å². The van der Waals surface area contributed by atoms with Gasteiger partial charge in [-0.1, -0.05) is 17.7 Å². The number of aryl methyl sites for hydroxylation is 1. The molecule has 19 heavy (non-hydrogen) atoms. The maximum absolute atomic E-state index is 5.96. The Balaban J connectivity index is 2.29. The number of rotatable bonds is 4. The molecule has 100 valence electrons. The number of anilines is 3. The van der Waals surface area contributed by atoms with Crippen molar-refractivity contribution in [3.8, 4) is 0 Å². The molecule has 2 N–H and O–H groups in total. The van der Waals surface area contributed by atoms with Crippen LogP contribution >= 0.6 is 23.2 Å². The van der Waals surface area contributed by atoms with E-state index < -0.39 is 0 Å². The van der Waals surface area contributed by atoms with Gasteiger partial charge in [-0.2, -0.15) is 15.0 Å². The lowest BCUT2D eigenvalue weighted by Crippen LogP contribution is -2.06. The van der Waals surface area contributed by atoms with E-state index in [1.165, 1.54) is 0 Å². The van der Waals surface area contributed by atoms with E-state index in [0.29, 0.717) is 23.5 Å². The van der Waals surface area contributed by atoms with Crippen LogP contribution in [0.1, 0.15) is 12.5 Å². The zero-order chi connectivity index (χ0) is 13.8. The Morgan fingerprint density at radius 2 is 1.84 bits per heavy atom. The van der Waals surface area contributed by atoms with E-state index in [1.54, 1.807) is 0 Å². The molecule has 0 saturated heterocycles. The minimum atomic E-state index is 0.133. The first-order valence-corrected chi connectivity index (χ1v) is 6.52. The highest BCUT2D eigenvalue weighted by Crippen LogP contribution is 2.23. The number of hydrogen-bond acceptors (Lipinski definition) is 5. The lowest BCUT2D eigenvalue weighted by molar-refractivity contribution is 1.02. The molecular formula is C12H13Cl2N5. The molecule has 2 rings (SSSR count). The molecule has 0 saturated carbocycles. The van der Waals surface area contributed by atoms with Gasteiger partial charge in [0.15, 0.2) is 0 Å². The minimum absolute atomic E-state index is 0.133. The van der Waals surface area contributed by atoms with E-state index in [0.717, 1.165) is 11.3 Å². The second-order valence-electron chi connectivity index (χ2n) is 3.87. The fourth-order valence-electron chi connectivity index (χ4n) is 1.49. The molecule has 7 heteroatoms. The molecule has 0 atom stereocenters. The third kappa shape index (κ3) is 3.68. The smallest absolute Gasteiger partial charge is 0.233 e. The van der Waals surface area contributed by atoms with Gasteiger partial charge in [0.2, 0.25) is 17.2 Å². The Morgan fingerprint density at radius 1 is 1.11 bits per heavy atom. The Bertz CT molecular complexity index is 588. The summed E-state index contributed by atoms with van der Waals surface area (Å²) in [7, 11) is 0. The Hall–Kier alpha value is -1.59. The van der Waals surface area contributed by atoms with Crippen molar-refractivity contribution in [3.63, 3.8) is 0 Å². The Labute approximate surface area is 121 Å². The maximum Gasteiger partial charge on any atom is 0.233 e. The van der Waals surface area contributed by atoms with Gasteiger partial charge in [-0.15, -0.1) is 0 Å². The Morgan fingerprint density at radius 3 is 2.58 bits per heavy atom. The quantitative estimate of drug-likeness (QED) is 0.902. The second kappa shape index (κ2) is 6.04. The standard InChI is InChI=1S/C12H13Cl2N5/c1-3-15-11-17-10(14)18-12(19-11)16-9-6-8(13)5-4-7(9)2/h4-6H,3H2,1-2H3,(H2,15,16,17,18,19). The molecule has 1 aromatic heterocycles. The average Bonchev–Trinajstić information content (AvgIpc) is 2.33. The van der Waals surface area contributed by atoms with Gasteiger partial charge in [0, 0.05) is 17.3 Å². The molecule has 0 amide bonds. The first-order valence-electron chi connectivity index (χ1n) is 5.77. The molecular weight excluding hydrogens is 285 g/mol. The predicted octanol–water partition coefficient (Wildman–Crippen LogP) is 3.66. The van der Waals surface area contributed by atoms with Crippen LogP contribution in [0.3, 0.4) is 0 Å². The maximum atomic E-state index is 5.96. The van der Waals surface area contributed by atoms with Gasteiger partial charge in [-0.3, -0.25) is 0 Å². The molecule has 0 aliphatic rings. The van der Waals surface area contributed by atoms with Crippen LogP contribution in [-0.4, -0.2) is 21.5 Å². The van der Waals surface area contributed by atoms with Crippen LogP contribution in [0, 0.1) is 6.92 Å². The van der Waals surface area contributed by atoms with Crippen molar-refractivity contribution in [1.29, 1.82) is 0 Å². The molecule has 0 unspecified atom stereocenters. The summed E-state index contributed by atoms with van der Waals surface area (Å²) in [4.78, 5) is 12.2. The fourth-order valence-corrected chi connectivity index (χ4v) is 1.82. The highest BCUT2D eigenvalue weighted by Gasteiger charge is 2.06. The minimum Gasteiger partial charge on any atom is -0.354 e. The van der Waals surface area contributed by atoms with Gasteiger partial charge in [0.25, 0.3) is 0 Å². The molecule has 0 bridgehead atoms. The molecule has 0 fully saturated rings. The summed E-state index contributed by atoms with van der Waals surface area (Å²) in [6, 6.07) is 5.55. The zero-order valence-corrected chi connectivity index (χ0v) is 12.0. The molecule has 0 spiro atoms. The first kappa shape index (κ1) is 13.8. The summed E-state index contributed by atoms with van der Waals surface area (Å²) in [5, 5.41) is 6.84. The predicted molar refractivity (Wildman–Crippen MR) is 78.5 cm³/mol. The van der Waals surface area contributed by atoms with E-state index in [4.69, 9.17) is 23.2 Å². The van der Waals surface area contributed by atoms with Crippen LogP contribution in [0.2, 0.25) is 10.3 Å². The number of nitrogens with one attached hydrogen (secondary N) is 2. The highest BCUT2D eigenvalue weighted by atomic mass is 35.5. The summed E-state index contributed by atoms with van der Waals surface area (Å²) >= 11 is 11.8. The van der Waals surface area contributed by atoms with E-state index in [-0.39, 0.29) is 5.28 Å². The van der Waals surface area contributed by atoms with Gasteiger partial charge in [0.05, 0.1) is 0 Å². The number of halogens is 2. The second-order valence-corrected chi connectivity index (χ2v) is 4.64. The van der Waals surface area contributed by atoms with Crippen molar-refractivity contribution in [2.45, 2.75) is 13.8 Å². The molecule has 0 aliphatic heterocycles. The number of aromatic nitrogens is 3. The molecule has 0 radical (unpaired) electrons. The molecule has 0 aliphatic carbocycles. The lowest BCUT2D eigenvalue weighted by atomic mass is 10.2. The molecule has 1 aromatic carbocycles. The van der Waals surface area contributed by atoms with Gasteiger partial charge >= 0.3 is 0 Å². The van der Waals surface area contributed by atoms with Crippen LogP contribution in [0.5, 0.6) is 0 Å². The topological polar surface area (TPSA) is 62.7 Å². The van der Waals surface area contributed by atoms with Gasteiger partial charge in [0.1, 0.15) is 0 Å². The lowest BCUT2D eigenvalue weighted by Gasteiger charge is -2.09. The first-order chi connectivity index (χ1) is 9.08. The average molecular weight is 298 g/mol. The molecule has 2 aromatic rings. The van der Waals surface area contributed by atoms with E-state index in [1.807, 2.05) is 32.0 Å². The number of benzene rings is 1. The van der Waals surface area contributed by atoms with Crippen LogP contribution in [0.15, 0.2) is 18.2 Å². The number of nitrogens with zero attached hydrogens (tertiary/aromatic N) is 3. The van der Waals surface area contributed by atoms with E-state index in [2.05, 4.69) is 25.6 Å². The van der Waals surface area contributed by atoms with Gasteiger partial charge in [-0.25, -0.2) is 0 Å². The van der Waals surface area contributed by atoms with Crippen molar-refractivity contribution in [2.75, 3.05) is 17.2 Å². The van der Waals surface area contributed by atoms with Crippen molar-refractivity contribution in [3.05, 3.63) is 34.1 Å². The van der Waals surface area contributed by atoms with Crippen LogP contribution in [0.4, 0.5) is 17.6 Å². The SMILES string of the molecule is CCNc1nc(Cl)nc(Nc2cc(Cl)ccc2C)n1. The Kier molecular flexibility index (Phi) is 4.39. The fraction of sp³-hybridized carbons (Fsp3) is 0.250. The van der Waals surface area contributed by atoms with Crippen molar-refractivity contribution in [1.82, 2.24) is 15.0 Å². The molecule has 5 nitrogen and oxygen atoms in total. The van der Waals surface area contributed by atoms with Crippen LogP contribution in [-0.2, 0) is 0 Å². The van der Waals surface area contributed by atoms with Crippen molar-refractivity contribution < 1.29 is 0 Å². The van der Waals surface area contributed by atoms with Crippen molar-refractivity contribution in [2.24, 2.45) is 0 Å². The van der Waals surface area contributed by atoms with Gasteiger partial charge in [-0.05, 0) is 43.1 Å². The third-order valence-corrected chi connectivity index (χ3v) is 2.79. The highest BCUT2D eigenvalue weighted by molar-refractivity contribution is 6.31. The normalized spacial score (nSPS) is 10.3. The summed E-state index contributed by atoms with van der Waals surface area (Å²) in [5.74, 6) is 0.811. The summed E-state index contributed by atoms with van der Waals surface area (Å²) in [6.07, 6.45) is 0. The largest absolute Gasteiger partial charge is 0.354 e. The molecule has 1 heterocycles. The van der Waals surface area contributed by atoms with Crippen LogP contribution in [0.25, 0.3) is 0 Å². The summed E-state index contributed by atoms with van der Waals surface area (Å²) < 4.78 is 0.